The Hall–Kier alpha value is -3.52. The molecule has 0 spiro atoms. The SMILES string of the molecule is Cn1c[n+]([C@@H]2O[C@H](COP(=O)(O)OP(=O)(O)OP(=O)(O)OC[C@H]3O[C@@H]([n+]4cn(C)c5c(=O)[nH]c(N)nc54)C[C@@H]3N)[C@@H](O)[C@H]2F)c2nc(N)[nH]c(=O)c21. The van der Waals surface area contributed by atoms with Gasteiger partial charge in [0.05, 0.1) is 27.3 Å². The summed E-state index contributed by atoms with van der Waals surface area (Å²) in [7, 11) is -14.1. The molecule has 0 aliphatic carbocycles. The van der Waals surface area contributed by atoms with Crippen LogP contribution in [0, 0.1) is 0 Å². The lowest BCUT2D eigenvalue weighted by Crippen LogP contribution is -2.44. The minimum atomic E-state index is -5.93. The van der Waals surface area contributed by atoms with Crippen molar-refractivity contribution in [2.75, 3.05) is 24.7 Å². The molecule has 0 bridgehead atoms. The molecule has 4 aromatic rings. The van der Waals surface area contributed by atoms with Gasteiger partial charge in [0.2, 0.25) is 17.3 Å². The number of nitrogens with zero attached hydrogens (tertiary/aromatic N) is 6. The van der Waals surface area contributed by atoms with E-state index >= 15 is 4.39 Å². The van der Waals surface area contributed by atoms with Gasteiger partial charge in [0.15, 0.2) is 25.1 Å². The maximum Gasteiger partial charge on any atom is 0.490 e. The van der Waals surface area contributed by atoms with Crippen molar-refractivity contribution in [1.29, 1.82) is 0 Å². The van der Waals surface area contributed by atoms with Crippen LogP contribution in [0.25, 0.3) is 22.3 Å². The van der Waals surface area contributed by atoms with Gasteiger partial charge in [-0.25, -0.2) is 27.2 Å². The van der Waals surface area contributed by atoms with Crippen molar-refractivity contribution >= 4 is 57.7 Å². The highest BCUT2D eigenvalue weighted by molar-refractivity contribution is 7.66. The van der Waals surface area contributed by atoms with Crippen LogP contribution >= 0.6 is 23.5 Å². The number of fused-ring (bicyclic) bond motifs is 2. The predicted molar refractivity (Wildman–Crippen MR) is 167 cm³/mol. The Morgan fingerprint density at radius 3 is 1.90 bits per heavy atom. The number of aliphatic hydroxyl groups is 1. The van der Waals surface area contributed by atoms with Gasteiger partial charge >= 0.3 is 34.8 Å². The number of hydrogen-bond donors (Lipinski definition) is 9. The standard InChI is InChI=1S/C22H31FN11O15P3/c1-31-6-33(16-13(31)18(36)29-21(25)27-16)11-3-8(24)9(46-11)4-44-50(38,39)48-52(42,43)49-51(40,41)45-5-10-15(35)12(23)20(47-10)34-7-32(2)14-17(34)28-22(26)30-19(14)37/h6-12,15,20,35H,3-5,24H2,1-2H3,(H7-2,25,26,27,28,29,30,36,37,38,39,40,41,42,43)/p+2/t8-,9+,10+,11+,12+,15+,20+/m0/s1. The minimum absolute atomic E-state index is 0.0265. The molecule has 4 aromatic heterocycles. The molecule has 286 valence electrons. The summed E-state index contributed by atoms with van der Waals surface area (Å²) in [5.74, 6) is -0.472. The van der Waals surface area contributed by atoms with Crippen molar-refractivity contribution in [3.63, 3.8) is 0 Å². The number of aryl methyl sites for hydroxylation is 2. The Morgan fingerprint density at radius 2 is 1.37 bits per heavy atom. The largest absolute Gasteiger partial charge is 0.490 e. The first-order valence-corrected chi connectivity index (χ1v) is 19.2. The van der Waals surface area contributed by atoms with Crippen LogP contribution in [0.3, 0.4) is 0 Å². The lowest BCUT2D eigenvalue weighted by Gasteiger charge is -2.21. The number of nitrogens with one attached hydrogen (secondary N) is 2. The minimum Gasteiger partial charge on any atom is -0.387 e. The van der Waals surface area contributed by atoms with Crippen LogP contribution in [0.15, 0.2) is 22.2 Å². The highest BCUT2D eigenvalue weighted by atomic mass is 31.3. The fourth-order valence-corrected chi connectivity index (χ4v) is 9.26. The molecule has 26 nitrogen and oxygen atoms in total. The van der Waals surface area contributed by atoms with Crippen LogP contribution in [-0.2, 0) is 54.9 Å². The number of H-pyrrole nitrogens is 2. The van der Waals surface area contributed by atoms with Crippen molar-refractivity contribution in [3.05, 3.63) is 33.4 Å². The molecule has 10 atom stereocenters. The fraction of sp³-hybridized carbons (Fsp3) is 0.545. The van der Waals surface area contributed by atoms with Crippen molar-refractivity contribution in [1.82, 2.24) is 29.1 Å². The lowest BCUT2D eigenvalue weighted by atomic mass is 10.1. The highest BCUT2D eigenvalue weighted by Gasteiger charge is 2.50. The molecule has 0 aromatic carbocycles. The number of aromatic amines is 2. The zero-order valence-corrected chi connectivity index (χ0v) is 29.4. The Labute approximate surface area is 288 Å². The van der Waals surface area contributed by atoms with Gasteiger partial charge in [-0.15, -0.1) is 0 Å². The highest BCUT2D eigenvalue weighted by Crippen LogP contribution is 2.67. The first kappa shape index (κ1) is 38.2. The van der Waals surface area contributed by atoms with E-state index in [1.165, 1.54) is 33.4 Å². The first-order chi connectivity index (χ1) is 24.1. The molecule has 3 unspecified atom stereocenters. The number of imidazole rings is 2. The number of halogens is 1. The quantitative estimate of drug-likeness (QED) is 0.0504. The number of phosphoric acid groups is 3. The van der Waals surface area contributed by atoms with Gasteiger partial charge in [0, 0.05) is 12.5 Å². The average Bonchev–Trinajstić information content (AvgIpc) is 3.72. The van der Waals surface area contributed by atoms with Crippen molar-refractivity contribution < 1.29 is 74.1 Å². The second kappa shape index (κ2) is 13.7. The van der Waals surface area contributed by atoms with E-state index in [1.54, 1.807) is 7.05 Å². The third-order valence-electron chi connectivity index (χ3n) is 7.96. The topological polar surface area (TPSA) is 375 Å². The maximum atomic E-state index is 15.2. The molecular weight excluding hydrogens is 770 g/mol. The Bertz CT molecular complexity index is 2300. The number of ether oxygens (including phenoxy) is 2. The summed E-state index contributed by atoms with van der Waals surface area (Å²) >= 11 is 0. The number of aromatic nitrogens is 8. The lowest BCUT2D eigenvalue weighted by molar-refractivity contribution is -0.744. The van der Waals surface area contributed by atoms with Crippen LogP contribution in [0.1, 0.15) is 18.9 Å². The Kier molecular flexibility index (Phi) is 10.1. The summed E-state index contributed by atoms with van der Waals surface area (Å²) in [5, 5.41) is 10.4. The maximum absolute atomic E-state index is 15.2. The fourth-order valence-electron chi connectivity index (χ4n) is 5.74. The van der Waals surface area contributed by atoms with Gasteiger partial charge in [0.25, 0.3) is 23.0 Å². The molecule has 0 saturated carbocycles. The zero-order chi connectivity index (χ0) is 38.1. The van der Waals surface area contributed by atoms with Crippen LogP contribution in [-0.4, -0.2) is 92.6 Å². The van der Waals surface area contributed by atoms with Crippen LogP contribution < -0.4 is 37.5 Å². The number of alkyl halides is 1. The molecule has 2 aliphatic heterocycles. The van der Waals surface area contributed by atoms with Crippen molar-refractivity contribution in [3.8, 4) is 0 Å². The molecule has 0 radical (unpaired) electrons. The summed E-state index contributed by atoms with van der Waals surface area (Å²) in [5.41, 5.74) is 16.3. The molecule has 52 heavy (non-hydrogen) atoms. The Balaban J connectivity index is 1.04. The van der Waals surface area contributed by atoms with E-state index in [1.807, 2.05) is 0 Å². The summed E-state index contributed by atoms with van der Waals surface area (Å²) in [6, 6.07) is -0.844. The molecule has 2 saturated heterocycles. The smallest absolute Gasteiger partial charge is 0.387 e. The first-order valence-electron chi connectivity index (χ1n) is 14.8. The molecule has 2 fully saturated rings. The van der Waals surface area contributed by atoms with Gasteiger partial charge in [-0.2, -0.15) is 8.62 Å². The molecule has 30 heteroatoms. The zero-order valence-electron chi connectivity index (χ0n) is 26.7. The monoisotopic (exact) mass is 803 g/mol. The third kappa shape index (κ3) is 7.60. The van der Waals surface area contributed by atoms with Gasteiger partial charge in [-0.05, 0) is 0 Å². The summed E-state index contributed by atoms with van der Waals surface area (Å²) in [6.45, 7) is -1.92. The number of nitrogens with two attached hydrogens (primary N) is 3. The molecule has 6 rings (SSSR count). The number of aliphatic hydroxyl groups excluding tert-OH is 1. The number of rotatable bonds is 12. The van der Waals surface area contributed by atoms with E-state index in [-0.39, 0.29) is 40.6 Å². The van der Waals surface area contributed by atoms with Crippen LogP contribution in [0.5, 0.6) is 0 Å². The number of nitrogen functional groups attached to an aromatic ring is 2. The van der Waals surface area contributed by atoms with Gasteiger partial charge < -0.3 is 46.5 Å². The number of phosphoric ester groups is 2. The van der Waals surface area contributed by atoms with Gasteiger partial charge in [-0.3, -0.25) is 37.7 Å². The van der Waals surface area contributed by atoms with Crippen molar-refractivity contribution in [2.24, 2.45) is 19.8 Å². The van der Waals surface area contributed by atoms with E-state index in [2.05, 4.69) is 33.1 Å². The van der Waals surface area contributed by atoms with Crippen molar-refractivity contribution in [2.45, 2.75) is 49.4 Å². The number of hydrogen-bond acceptors (Lipinski definition) is 17. The number of anilines is 2. The summed E-state index contributed by atoms with van der Waals surface area (Å²) in [4.78, 5) is 67.4. The van der Waals surface area contributed by atoms with E-state index < -0.39 is 90.8 Å². The molecular formula is C22H33FN11O15P3+2. The second-order valence-corrected chi connectivity index (χ2v) is 16.3. The molecule has 0 amide bonds. The van der Waals surface area contributed by atoms with E-state index in [4.69, 9.17) is 31.2 Å². The summed E-state index contributed by atoms with van der Waals surface area (Å²) in [6.07, 6.45) is -6.75. The summed E-state index contributed by atoms with van der Waals surface area (Å²) < 4.78 is 86.6. The average molecular weight is 803 g/mol. The molecule has 12 N–H and O–H groups in total. The van der Waals surface area contributed by atoms with Crippen LogP contribution in [0.4, 0.5) is 16.3 Å². The Morgan fingerprint density at radius 1 is 0.885 bits per heavy atom. The predicted octanol–water partition coefficient (Wildman–Crippen LogP) is -3.14. The molecule has 6 heterocycles. The normalized spacial score (nSPS) is 28.7. The molecule has 2 aliphatic rings. The van der Waals surface area contributed by atoms with E-state index in [0.717, 1.165) is 4.57 Å². The van der Waals surface area contributed by atoms with E-state index in [9.17, 15) is 43.1 Å². The van der Waals surface area contributed by atoms with Crippen LogP contribution in [0.2, 0.25) is 0 Å². The van der Waals surface area contributed by atoms with Gasteiger partial charge in [-0.1, -0.05) is 9.97 Å². The second-order valence-electron chi connectivity index (χ2n) is 11.7. The van der Waals surface area contributed by atoms with Gasteiger partial charge in [0.1, 0.15) is 18.3 Å². The van der Waals surface area contributed by atoms with E-state index in [0.29, 0.717) is 0 Å². The third-order valence-corrected chi connectivity index (χ3v) is 12.2.